The highest BCUT2D eigenvalue weighted by Gasteiger charge is 2.32. The molecule has 1 aliphatic rings. The van der Waals surface area contributed by atoms with Crippen LogP contribution >= 0.6 is 0 Å². The molecule has 3 nitrogen and oxygen atoms in total. The number of nitrogens with one attached hydrogen (secondary N) is 1. The molecule has 1 saturated carbocycles. The lowest BCUT2D eigenvalue weighted by atomic mass is 9.72. The number of hydrogen-bond acceptors (Lipinski definition) is 2. The van der Waals surface area contributed by atoms with E-state index >= 15 is 0 Å². The molecule has 1 N–H and O–H groups in total. The minimum Gasteiger partial charge on any atom is -0.211 e. The van der Waals surface area contributed by atoms with Crippen LogP contribution in [0.2, 0.25) is 0 Å². The van der Waals surface area contributed by atoms with Gasteiger partial charge in [0.1, 0.15) is 0 Å². The molecule has 126 valence electrons. The number of allylic oxidation sites excluding steroid dienone is 3. The van der Waals surface area contributed by atoms with Gasteiger partial charge in [-0.05, 0) is 43.7 Å². The molecule has 4 heteroatoms. The SMILES string of the molecule is C=C/C=C/CC1(CNS(=O)(=O)c2ccc(C)cc2)CCCCC1. The molecule has 0 aliphatic heterocycles. The van der Waals surface area contributed by atoms with E-state index in [1.807, 2.05) is 25.1 Å². The van der Waals surface area contributed by atoms with E-state index < -0.39 is 10.0 Å². The summed E-state index contributed by atoms with van der Waals surface area (Å²) < 4.78 is 27.9. The van der Waals surface area contributed by atoms with Crippen LogP contribution in [0.25, 0.3) is 0 Å². The van der Waals surface area contributed by atoms with Gasteiger partial charge in [-0.25, -0.2) is 13.1 Å². The van der Waals surface area contributed by atoms with Crippen LogP contribution in [-0.4, -0.2) is 15.0 Å². The minimum atomic E-state index is -3.44. The van der Waals surface area contributed by atoms with E-state index in [9.17, 15) is 8.42 Å². The van der Waals surface area contributed by atoms with Crippen LogP contribution in [0.5, 0.6) is 0 Å². The maximum Gasteiger partial charge on any atom is 0.240 e. The van der Waals surface area contributed by atoms with E-state index in [4.69, 9.17) is 0 Å². The average Bonchev–Trinajstić information content (AvgIpc) is 2.55. The summed E-state index contributed by atoms with van der Waals surface area (Å²) in [5, 5.41) is 0. The van der Waals surface area contributed by atoms with Crippen LogP contribution in [0.4, 0.5) is 0 Å². The summed E-state index contributed by atoms with van der Waals surface area (Å²) in [6.07, 6.45) is 12.5. The third-order valence-corrected chi connectivity index (χ3v) is 6.12. The first-order valence-corrected chi connectivity index (χ1v) is 9.80. The van der Waals surface area contributed by atoms with Crippen molar-refractivity contribution in [3.63, 3.8) is 0 Å². The number of benzene rings is 1. The van der Waals surface area contributed by atoms with Gasteiger partial charge in [0.05, 0.1) is 4.90 Å². The molecule has 0 unspecified atom stereocenters. The second-order valence-electron chi connectivity index (χ2n) is 6.57. The van der Waals surface area contributed by atoms with Crippen LogP contribution in [0.15, 0.2) is 54.0 Å². The normalized spacial score (nSPS) is 18.1. The molecular weight excluding hydrogens is 306 g/mol. The molecule has 0 heterocycles. The summed E-state index contributed by atoms with van der Waals surface area (Å²) in [5.74, 6) is 0. The fourth-order valence-electron chi connectivity index (χ4n) is 3.22. The Morgan fingerprint density at radius 2 is 1.83 bits per heavy atom. The van der Waals surface area contributed by atoms with Gasteiger partial charge in [-0.2, -0.15) is 0 Å². The van der Waals surface area contributed by atoms with Crippen LogP contribution < -0.4 is 4.72 Å². The lowest BCUT2D eigenvalue weighted by Crippen LogP contribution is -2.38. The molecule has 0 atom stereocenters. The monoisotopic (exact) mass is 333 g/mol. The van der Waals surface area contributed by atoms with Gasteiger partial charge in [-0.3, -0.25) is 0 Å². The van der Waals surface area contributed by atoms with Gasteiger partial charge in [-0.1, -0.05) is 61.8 Å². The van der Waals surface area contributed by atoms with Crippen molar-refractivity contribution in [3.05, 3.63) is 54.6 Å². The Balaban J connectivity index is 2.09. The zero-order valence-electron chi connectivity index (χ0n) is 13.9. The van der Waals surface area contributed by atoms with Crippen molar-refractivity contribution < 1.29 is 8.42 Å². The Morgan fingerprint density at radius 3 is 2.43 bits per heavy atom. The molecular formula is C19H27NO2S. The lowest BCUT2D eigenvalue weighted by Gasteiger charge is -2.36. The number of aryl methyl sites for hydroxylation is 1. The molecule has 23 heavy (non-hydrogen) atoms. The summed E-state index contributed by atoms with van der Waals surface area (Å²) in [7, 11) is -3.44. The summed E-state index contributed by atoms with van der Waals surface area (Å²) >= 11 is 0. The summed E-state index contributed by atoms with van der Waals surface area (Å²) in [5.41, 5.74) is 1.09. The van der Waals surface area contributed by atoms with Crippen molar-refractivity contribution in [2.45, 2.75) is 50.3 Å². The molecule has 1 aromatic rings. The quantitative estimate of drug-likeness (QED) is 0.754. The Kier molecular flexibility index (Phi) is 6.19. The second-order valence-corrected chi connectivity index (χ2v) is 8.33. The molecule has 0 bridgehead atoms. The summed E-state index contributed by atoms with van der Waals surface area (Å²) in [6.45, 7) is 6.16. The standard InChI is InChI=1S/C19H27NO2S/c1-3-4-6-13-19(14-7-5-8-15-19)16-20-23(21,22)18-11-9-17(2)10-12-18/h3-4,6,9-12,20H,1,5,7-8,13-16H2,2H3/b6-4+. The highest BCUT2D eigenvalue weighted by Crippen LogP contribution is 2.39. The van der Waals surface area contributed by atoms with Gasteiger partial charge in [-0.15, -0.1) is 0 Å². The Bertz CT molecular complexity index is 638. The van der Waals surface area contributed by atoms with E-state index in [1.165, 1.54) is 19.3 Å². The maximum atomic E-state index is 12.5. The lowest BCUT2D eigenvalue weighted by molar-refractivity contribution is 0.195. The van der Waals surface area contributed by atoms with Gasteiger partial charge >= 0.3 is 0 Å². The Hall–Kier alpha value is -1.39. The van der Waals surface area contributed by atoms with Gasteiger partial charge < -0.3 is 0 Å². The van der Waals surface area contributed by atoms with Crippen LogP contribution in [-0.2, 0) is 10.0 Å². The third kappa shape index (κ3) is 5.05. The molecule has 2 rings (SSSR count). The van der Waals surface area contributed by atoms with Gasteiger partial charge in [0.2, 0.25) is 10.0 Å². The molecule has 1 aliphatic carbocycles. The van der Waals surface area contributed by atoms with E-state index in [-0.39, 0.29) is 5.41 Å². The first-order valence-electron chi connectivity index (χ1n) is 8.31. The minimum absolute atomic E-state index is 0.0372. The zero-order valence-corrected chi connectivity index (χ0v) is 14.7. The van der Waals surface area contributed by atoms with Gasteiger partial charge in [0, 0.05) is 6.54 Å². The van der Waals surface area contributed by atoms with Crippen molar-refractivity contribution in [1.29, 1.82) is 0 Å². The molecule has 0 aromatic heterocycles. The van der Waals surface area contributed by atoms with Crippen molar-refractivity contribution in [3.8, 4) is 0 Å². The number of sulfonamides is 1. The maximum absolute atomic E-state index is 12.5. The topological polar surface area (TPSA) is 46.2 Å². The largest absolute Gasteiger partial charge is 0.240 e. The van der Waals surface area contributed by atoms with Crippen molar-refractivity contribution >= 4 is 10.0 Å². The number of rotatable bonds is 7. The first kappa shape index (κ1) is 18.0. The molecule has 0 saturated heterocycles. The highest BCUT2D eigenvalue weighted by molar-refractivity contribution is 7.89. The Labute approximate surface area is 140 Å². The van der Waals surface area contributed by atoms with Crippen molar-refractivity contribution in [1.82, 2.24) is 4.72 Å². The summed E-state index contributed by atoms with van der Waals surface area (Å²) in [6, 6.07) is 7.00. The third-order valence-electron chi connectivity index (χ3n) is 4.71. The predicted molar refractivity (Wildman–Crippen MR) is 95.8 cm³/mol. The molecule has 0 amide bonds. The van der Waals surface area contributed by atoms with E-state index in [0.717, 1.165) is 24.8 Å². The Morgan fingerprint density at radius 1 is 1.17 bits per heavy atom. The van der Waals surface area contributed by atoms with Gasteiger partial charge in [0.15, 0.2) is 0 Å². The van der Waals surface area contributed by atoms with Crippen LogP contribution in [0, 0.1) is 12.3 Å². The summed E-state index contributed by atoms with van der Waals surface area (Å²) in [4.78, 5) is 0.343. The molecule has 0 radical (unpaired) electrons. The fourth-order valence-corrected chi connectivity index (χ4v) is 4.38. The average molecular weight is 333 g/mol. The van der Waals surface area contributed by atoms with Crippen LogP contribution in [0.1, 0.15) is 44.1 Å². The number of hydrogen-bond donors (Lipinski definition) is 1. The zero-order chi connectivity index (χ0) is 16.8. The molecule has 0 spiro atoms. The first-order chi connectivity index (χ1) is 11.0. The van der Waals surface area contributed by atoms with Crippen molar-refractivity contribution in [2.75, 3.05) is 6.54 Å². The predicted octanol–water partition coefficient (Wildman–Crippen LogP) is 4.36. The van der Waals surface area contributed by atoms with Gasteiger partial charge in [0.25, 0.3) is 0 Å². The molecule has 1 aromatic carbocycles. The highest BCUT2D eigenvalue weighted by atomic mass is 32.2. The van der Waals surface area contributed by atoms with E-state index in [1.54, 1.807) is 18.2 Å². The fraction of sp³-hybridized carbons (Fsp3) is 0.474. The smallest absolute Gasteiger partial charge is 0.211 e. The van der Waals surface area contributed by atoms with Crippen LogP contribution in [0.3, 0.4) is 0 Å². The van der Waals surface area contributed by atoms with E-state index in [0.29, 0.717) is 11.4 Å². The van der Waals surface area contributed by atoms with Crippen molar-refractivity contribution in [2.24, 2.45) is 5.41 Å². The molecule has 1 fully saturated rings. The van der Waals surface area contributed by atoms with E-state index in [2.05, 4.69) is 17.4 Å². The second kappa shape index (κ2) is 7.93.